The van der Waals surface area contributed by atoms with Crippen LogP contribution in [0, 0.1) is 4.91 Å². The lowest BCUT2D eigenvalue weighted by Crippen LogP contribution is -2.29. The van der Waals surface area contributed by atoms with E-state index < -0.39 is 7.12 Å². The first-order chi connectivity index (χ1) is 9.78. The summed E-state index contributed by atoms with van der Waals surface area (Å²) in [4.78, 5) is 11.1. The minimum atomic E-state index is -0.921. The molecular formula is C14H13BN2O3. The molecule has 0 fully saturated rings. The largest absolute Gasteiger partial charge is 0.491 e. The molecule has 1 N–H and O–H groups in total. The summed E-state index contributed by atoms with van der Waals surface area (Å²) in [6.45, 7) is 0.782. The number of hydrogen-bond acceptors (Lipinski definition) is 4. The lowest BCUT2D eigenvalue weighted by Gasteiger charge is -2.16. The van der Waals surface area contributed by atoms with E-state index in [1.54, 1.807) is 6.07 Å². The Hall–Kier alpha value is -2.18. The first-order valence-electron chi connectivity index (χ1n) is 6.35. The summed E-state index contributed by atoms with van der Waals surface area (Å²) in [5, 5.41) is 14.1. The van der Waals surface area contributed by atoms with Gasteiger partial charge < -0.3 is 9.68 Å². The Morgan fingerprint density at radius 2 is 2.05 bits per heavy atom. The number of nitroso groups, excluding NO2 is 1. The van der Waals surface area contributed by atoms with Gasteiger partial charge in [-0.1, -0.05) is 36.4 Å². The molecule has 0 aliphatic carbocycles. The van der Waals surface area contributed by atoms with Crippen LogP contribution in [-0.4, -0.2) is 12.1 Å². The van der Waals surface area contributed by atoms with Gasteiger partial charge in [0.15, 0.2) is 0 Å². The molecule has 2 aromatic carbocycles. The van der Waals surface area contributed by atoms with Crippen molar-refractivity contribution in [2.45, 2.75) is 13.2 Å². The average Bonchev–Trinajstić information content (AvgIpc) is 2.87. The topological polar surface area (TPSA) is 62.1 Å². The number of hydrogen-bond donors (Lipinski definition) is 1. The molecule has 20 heavy (non-hydrogen) atoms. The van der Waals surface area contributed by atoms with Gasteiger partial charge in [-0.15, -0.1) is 4.91 Å². The molecule has 0 atom stereocenters. The maximum atomic E-state index is 11.1. The lowest BCUT2D eigenvalue weighted by atomic mass is 9.79. The van der Waals surface area contributed by atoms with Crippen molar-refractivity contribution in [2.24, 2.45) is 5.29 Å². The second-order valence-corrected chi connectivity index (χ2v) is 4.67. The predicted octanol–water partition coefficient (Wildman–Crippen LogP) is 1.59. The van der Waals surface area contributed by atoms with Crippen LogP contribution in [-0.2, 0) is 17.8 Å². The molecule has 2 aromatic rings. The van der Waals surface area contributed by atoms with Crippen molar-refractivity contribution in [2.75, 3.05) is 5.01 Å². The maximum Gasteiger partial charge on any atom is 0.491 e. The fraction of sp³-hybridized carbons (Fsp3) is 0.143. The zero-order valence-corrected chi connectivity index (χ0v) is 10.8. The number of nitrogens with zero attached hydrogens (tertiary/aromatic N) is 2. The standard InChI is InChI=1S/C14H13BN2O3/c18-15-14-8-13(7-6-12(14)10-20-15)17(16-19)9-11-4-2-1-3-5-11/h1-8,18H,9-10H2. The van der Waals surface area contributed by atoms with Crippen molar-refractivity contribution in [1.29, 1.82) is 0 Å². The van der Waals surface area contributed by atoms with Gasteiger partial charge in [0.2, 0.25) is 0 Å². The summed E-state index contributed by atoms with van der Waals surface area (Å²) >= 11 is 0. The second kappa shape index (κ2) is 5.44. The second-order valence-electron chi connectivity index (χ2n) is 4.67. The fourth-order valence-corrected chi connectivity index (χ4v) is 2.29. The van der Waals surface area contributed by atoms with Gasteiger partial charge in [0.05, 0.1) is 24.1 Å². The van der Waals surface area contributed by atoms with Gasteiger partial charge in [-0.3, -0.25) is 0 Å². The van der Waals surface area contributed by atoms with Crippen LogP contribution >= 0.6 is 0 Å². The molecule has 1 aliphatic rings. The van der Waals surface area contributed by atoms with E-state index >= 15 is 0 Å². The number of anilines is 1. The zero-order valence-electron chi connectivity index (χ0n) is 10.8. The van der Waals surface area contributed by atoms with Crippen LogP contribution in [0.25, 0.3) is 0 Å². The summed E-state index contributed by atoms with van der Waals surface area (Å²) in [5.74, 6) is 0. The van der Waals surface area contributed by atoms with Gasteiger partial charge in [0.25, 0.3) is 0 Å². The highest BCUT2D eigenvalue weighted by Crippen LogP contribution is 2.20. The van der Waals surface area contributed by atoms with Crippen LogP contribution in [0.1, 0.15) is 11.1 Å². The van der Waals surface area contributed by atoms with Crippen molar-refractivity contribution in [3.8, 4) is 0 Å². The molecule has 0 bridgehead atoms. The van der Waals surface area contributed by atoms with Crippen molar-refractivity contribution in [3.63, 3.8) is 0 Å². The molecule has 3 rings (SSSR count). The third-order valence-electron chi connectivity index (χ3n) is 3.36. The van der Waals surface area contributed by atoms with E-state index in [4.69, 9.17) is 4.65 Å². The number of fused-ring (bicyclic) bond motifs is 1. The zero-order chi connectivity index (χ0) is 13.9. The molecule has 6 heteroatoms. The van der Waals surface area contributed by atoms with Crippen molar-refractivity contribution in [1.82, 2.24) is 0 Å². The first kappa shape index (κ1) is 12.8. The van der Waals surface area contributed by atoms with Crippen LogP contribution in [0.15, 0.2) is 53.8 Å². The quantitative estimate of drug-likeness (QED) is 0.519. The molecule has 1 heterocycles. The van der Waals surface area contributed by atoms with Crippen molar-refractivity contribution < 1.29 is 9.68 Å². The summed E-state index contributed by atoms with van der Waals surface area (Å²) < 4.78 is 5.14. The lowest BCUT2D eigenvalue weighted by molar-refractivity contribution is 0.275. The van der Waals surface area contributed by atoms with Gasteiger partial charge in [0, 0.05) is 0 Å². The Labute approximate surface area is 116 Å². The van der Waals surface area contributed by atoms with Crippen LogP contribution in [0.3, 0.4) is 0 Å². The molecule has 0 unspecified atom stereocenters. The van der Waals surface area contributed by atoms with E-state index in [0.717, 1.165) is 11.1 Å². The number of rotatable bonds is 4. The maximum absolute atomic E-state index is 11.1. The van der Waals surface area contributed by atoms with Gasteiger partial charge >= 0.3 is 7.12 Å². The summed E-state index contributed by atoms with van der Waals surface area (Å²) in [6, 6.07) is 15.0. The van der Waals surface area contributed by atoms with E-state index in [1.807, 2.05) is 42.5 Å². The van der Waals surface area contributed by atoms with Gasteiger partial charge in [-0.05, 0) is 28.7 Å². The van der Waals surface area contributed by atoms with E-state index in [2.05, 4.69) is 5.29 Å². The molecule has 0 spiro atoms. The van der Waals surface area contributed by atoms with Gasteiger partial charge in [-0.25, -0.2) is 5.01 Å². The molecule has 0 aromatic heterocycles. The van der Waals surface area contributed by atoms with E-state index in [9.17, 15) is 9.93 Å². The summed E-state index contributed by atoms with van der Waals surface area (Å²) in [7, 11) is -0.921. The molecule has 0 amide bonds. The molecule has 0 saturated carbocycles. The summed E-state index contributed by atoms with van der Waals surface area (Å²) in [6.07, 6.45) is 0. The SMILES string of the molecule is O=NN(Cc1ccccc1)c1ccc2c(c1)B(O)OC2. The third-order valence-corrected chi connectivity index (χ3v) is 3.36. The normalized spacial score (nSPS) is 13.2. The molecule has 1 aliphatic heterocycles. The Bertz CT molecular complexity index is 621. The van der Waals surface area contributed by atoms with E-state index in [-0.39, 0.29) is 0 Å². The van der Waals surface area contributed by atoms with Crippen molar-refractivity contribution in [3.05, 3.63) is 64.6 Å². The minimum Gasteiger partial charge on any atom is -0.423 e. The van der Waals surface area contributed by atoms with Crippen molar-refractivity contribution >= 4 is 18.3 Å². The first-order valence-corrected chi connectivity index (χ1v) is 6.35. The van der Waals surface area contributed by atoms with Crippen LogP contribution < -0.4 is 10.5 Å². The molecule has 0 radical (unpaired) electrons. The minimum absolute atomic E-state index is 0.389. The Morgan fingerprint density at radius 3 is 2.80 bits per heavy atom. The van der Waals surface area contributed by atoms with E-state index in [1.165, 1.54) is 5.01 Å². The molecule has 0 saturated heterocycles. The molecule has 100 valence electrons. The highest BCUT2D eigenvalue weighted by molar-refractivity contribution is 6.61. The highest BCUT2D eigenvalue weighted by Gasteiger charge is 2.28. The van der Waals surface area contributed by atoms with Crippen LogP contribution in [0.5, 0.6) is 0 Å². The average molecular weight is 268 g/mol. The molecule has 5 nitrogen and oxygen atoms in total. The van der Waals surface area contributed by atoms with Crippen LogP contribution in [0.2, 0.25) is 0 Å². The Morgan fingerprint density at radius 1 is 1.25 bits per heavy atom. The summed E-state index contributed by atoms with van der Waals surface area (Å²) in [5.41, 5.74) is 3.27. The van der Waals surface area contributed by atoms with E-state index in [0.29, 0.717) is 24.3 Å². The smallest absolute Gasteiger partial charge is 0.423 e. The predicted molar refractivity (Wildman–Crippen MR) is 77.3 cm³/mol. The highest BCUT2D eigenvalue weighted by atomic mass is 16.5. The number of benzene rings is 2. The molecular weight excluding hydrogens is 255 g/mol. The monoisotopic (exact) mass is 268 g/mol. The Kier molecular flexibility index (Phi) is 3.49. The Balaban J connectivity index is 1.87. The fourth-order valence-electron chi connectivity index (χ4n) is 2.29. The van der Waals surface area contributed by atoms with Gasteiger partial charge in [0.1, 0.15) is 0 Å². The van der Waals surface area contributed by atoms with Crippen LogP contribution in [0.4, 0.5) is 5.69 Å². The van der Waals surface area contributed by atoms with Gasteiger partial charge in [-0.2, -0.15) is 0 Å². The third kappa shape index (κ3) is 2.43.